The number of nitrogens with one attached hydrogen (secondary N) is 1. The summed E-state index contributed by atoms with van der Waals surface area (Å²) in [6.45, 7) is 2.73. The monoisotopic (exact) mass is 306 g/mol. The minimum Gasteiger partial charge on any atom is -0.396 e. The molecule has 1 aromatic carbocycles. The van der Waals surface area contributed by atoms with Crippen molar-refractivity contribution in [2.75, 3.05) is 13.2 Å². The molecule has 112 valence electrons. The predicted octanol–water partition coefficient (Wildman–Crippen LogP) is 3.03. The molecule has 1 aromatic heterocycles. The number of nitrogens with zero attached hydrogens (tertiary/aromatic N) is 1. The van der Waals surface area contributed by atoms with Crippen LogP contribution < -0.4 is 5.32 Å². The van der Waals surface area contributed by atoms with Crippen molar-refractivity contribution in [3.63, 3.8) is 0 Å². The summed E-state index contributed by atoms with van der Waals surface area (Å²) < 4.78 is 0. The maximum atomic E-state index is 12.3. The maximum Gasteiger partial charge on any atom is 0.253 e. The number of carbonyl (C=O) groups excluding carboxylic acids is 1. The van der Waals surface area contributed by atoms with Crippen molar-refractivity contribution < 1.29 is 9.90 Å². The number of rotatable bonds is 6. The van der Waals surface area contributed by atoms with E-state index in [-0.39, 0.29) is 18.4 Å². The van der Waals surface area contributed by atoms with Gasteiger partial charge in [0, 0.05) is 24.7 Å². The van der Waals surface area contributed by atoms with Crippen LogP contribution in [0.4, 0.5) is 0 Å². The lowest BCUT2D eigenvalue weighted by molar-refractivity contribution is 0.0945. The highest BCUT2D eigenvalue weighted by Gasteiger charge is 2.14. The van der Waals surface area contributed by atoms with Crippen LogP contribution in [-0.2, 0) is 0 Å². The summed E-state index contributed by atoms with van der Waals surface area (Å²) >= 11 is 6.05. The van der Waals surface area contributed by atoms with E-state index in [4.69, 9.17) is 16.7 Å². The van der Waals surface area contributed by atoms with Crippen LogP contribution in [-0.4, -0.2) is 29.1 Å². The highest BCUT2D eigenvalue weighted by atomic mass is 35.5. The normalized spacial score (nSPS) is 12.3. The molecule has 0 aliphatic carbocycles. The molecule has 21 heavy (non-hydrogen) atoms. The quantitative estimate of drug-likeness (QED) is 0.806. The minimum absolute atomic E-state index is 0.139. The van der Waals surface area contributed by atoms with Gasteiger partial charge in [0.1, 0.15) is 5.15 Å². The molecule has 0 saturated carbocycles. The number of hydrogen-bond donors (Lipinski definition) is 2. The smallest absolute Gasteiger partial charge is 0.253 e. The Morgan fingerprint density at radius 1 is 1.38 bits per heavy atom. The van der Waals surface area contributed by atoms with Gasteiger partial charge in [-0.25, -0.2) is 4.98 Å². The van der Waals surface area contributed by atoms with Gasteiger partial charge in [0.25, 0.3) is 5.91 Å². The van der Waals surface area contributed by atoms with E-state index in [0.29, 0.717) is 23.7 Å². The SMILES string of the molecule is CCC(CCO)CNC(=O)c1cnc(Cl)c2ccccc12. The number of pyridine rings is 1. The summed E-state index contributed by atoms with van der Waals surface area (Å²) in [7, 11) is 0. The fourth-order valence-corrected chi connectivity index (χ4v) is 2.52. The highest BCUT2D eigenvalue weighted by molar-refractivity contribution is 6.34. The predicted molar refractivity (Wildman–Crippen MR) is 84.6 cm³/mol. The van der Waals surface area contributed by atoms with Gasteiger partial charge < -0.3 is 10.4 Å². The van der Waals surface area contributed by atoms with E-state index < -0.39 is 0 Å². The molecule has 1 heterocycles. The average molecular weight is 307 g/mol. The van der Waals surface area contributed by atoms with Gasteiger partial charge in [-0.05, 0) is 17.7 Å². The molecule has 0 saturated heterocycles. The molecule has 0 spiro atoms. The lowest BCUT2D eigenvalue weighted by Gasteiger charge is -2.15. The molecular formula is C16H19ClN2O2. The second kappa shape index (κ2) is 7.38. The zero-order valence-corrected chi connectivity index (χ0v) is 12.7. The molecule has 1 unspecified atom stereocenters. The van der Waals surface area contributed by atoms with Gasteiger partial charge in [0.2, 0.25) is 0 Å². The Morgan fingerprint density at radius 2 is 2.10 bits per heavy atom. The topological polar surface area (TPSA) is 62.2 Å². The van der Waals surface area contributed by atoms with E-state index in [9.17, 15) is 4.79 Å². The third-order valence-corrected chi connectivity index (χ3v) is 3.96. The van der Waals surface area contributed by atoms with Gasteiger partial charge >= 0.3 is 0 Å². The second-order valence-corrected chi connectivity index (χ2v) is 5.36. The van der Waals surface area contributed by atoms with Crippen LogP contribution in [0.2, 0.25) is 5.15 Å². The molecule has 0 bridgehead atoms. The van der Waals surface area contributed by atoms with E-state index in [1.807, 2.05) is 31.2 Å². The van der Waals surface area contributed by atoms with Gasteiger partial charge in [0.15, 0.2) is 0 Å². The third-order valence-electron chi connectivity index (χ3n) is 3.66. The first-order valence-electron chi connectivity index (χ1n) is 7.09. The van der Waals surface area contributed by atoms with Crippen LogP contribution in [0.1, 0.15) is 30.1 Å². The summed E-state index contributed by atoms with van der Waals surface area (Å²) in [5, 5.41) is 13.9. The lowest BCUT2D eigenvalue weighted by Crippen LogP contribution is -2.29. The molecule has 0 aliphatic rings. The van der Waals surface area contributed by atoms with E-state index in [2.05, 4.69) is 10.3 Å². The zero-order chi connectivity index (χ0) is 15.2. The second-order valence-electron chi connectivity index (χ2n) is 5.00. The average Bonchev–Trinajstić information content (AvgIpc) is 2.51. The third kappa shape index (κ3) is 3.71. The van der Waals surface area contributed by atoms with Gasteiger partial charge in [-0.15, -0.1) is 0 Å². The fourth-order valence-electron chi connectivity index (χ4n) is 2.30. The molecule has 0 fully saturated rings. The number of aliphatic hydroxyl groups excluding tert-OH is 1. The van der Waals surface area contributed by atoms with Crippen molar-refractivity contribution >= 4 is 28.3 Å². The maximum absolute atomic E-state index is 12.3. The number of carbonyl (C=O) groups is 1. The van der Waals surface area contributed by atoms with Gasteiger partial charge in [-0.1, -0.05) is 49.2 Å². The number of fused-ring (bicyclic) bond motifs is 1. The van der Waals surface area contributed by atoms with Crippen molar-refractivity contribution in [1.82, 2.24) is 10.3 Å². The molecule has 1 atom stereocenters. The Labute approximate surface area is 129 Å². The van der Waals surface area contributed by atoms with E-state index in [1.54, 1.807) is 0 Å². The molecule has 1 amide bonds. The largest absolute Gasteiger partial charge is 0.396 e. The van der Waals surface area contributed by atoms with Crippen LogP contribution in [0.3, 0.4) is 0 Å². The van der Waals surface area contributed by atoms with Crippen LogP contribution in [0.5, 0.6) is 0 Å². The van der Waals surface area contributed by atoms with Gasteiger partial charge in [-0.2, -0.15) is 0 Å². The summed E-state index contributed by atoms with van der Waals surface area (Å²) in [4.78, 5) is 16.4. The lowest BCUT2D eigenvalue weighted by atomic mass is 10.0. The molecular weight excluding hydrogens is 288 g/mol. The van der Waals surface area contributed by atoms with Crippen molar-refractivity contribution in [1.29, 1.82) is 0 Å². The van der Waals surface area contributed by atoms with Crippen molar-refractivity contribution in [2.24, 2.45) is 5.92 Å². The van der Waals surface area contributed by atoms with Crippen molar-refractivity contribution in [3.8, 4) is 0 Å². The molecule has 4 nitrogen and oxygen atoms in total. The molecule has 0 radical (unpaired) electrons. The van der Waals surface area contributed by atoms with Crippen molar-refractivity contribution in [2.45, 2.75) is 19.8 Å². The zero-order valence-electron chi connectivity index (χ0n) is 12.0. The fraction of sp³-hybridized carbons (Fsp3) is 0.375. The van der Waals surface area contributed by atoms with Crippen LogP contribution in [0.25, 0.3) is 10.8 Å². The molecule has 5 heteroatoms. The van der Waals surface area contributed by atoms with Crippen LogP contribution >= 0.6 is 11.6 Å². The number of amides is 1. The summed E-state index contributed by atoms with van der Waals surface area (Å²) in [5.41, 5.74) is 0.522. The number of halogens is 1. The van der Waals surface area contributed by atoms with Crippen LogP contribution in [0, 0.1) is 5.92 Å². The molecule has 2 N–H and O–H groups in total. The Bertz CT molecular complexity index is 631. The standard InChI is InChI=1S/C16H19ClN2O2/c1-2-11(7-8-20)9-19-16(21)14-10-18-15(17)13-6-4-3-5-12(13)14/h3-6,10-11,20H,2,7-9H2,1H3,(H,19,21). The number of aromatic nitrogens is 1. The van der Waals surface area contributed by atoms with E-state index in [0.717, 1.165) is 17.2 Å². The van der Waals surface area contributed by atoms with E-state index in [1.165, 1.54) is 6.20 Å². The van der Waals surface area contributed by atoms with Crippen molar-refractivity contribution in [3.05, 3.63) is 41.2 Å². The summed E-state index contributed by atoms with van der Waals surface area (Å²) in [6, 6.07) is 7.45. The summed E-state index contributed by atoms with van der Waals surface area (Å²) in [6.07, 6.45) is 3.11. The Balaban J connectivity index is 2.18. The Hall–Kier alpha value is -1.65. The molecule has 0 aliphatic heterocycles. The highest BCUT2D eigenvalue weighted by Crippen LogP contribution is 2.24. The van der Waals surface area contributed by atoms with Crippen LogP contribution in [0.15, 0.2) is 30.5 Å². The molecule has 2 rings (SSSR count). The number of hydrogen-bond acceptors (Lipinski definition) is 3. The first-order chi connectivity index (χ1) is 10.2. The minimum atomic E-state index is -0.160. The van der Waals surface area contributed by atoms with Gasteiger partial charge in [-0.3, -0.25) is 4.79 Å². The first-order valence-corrected chi connectivity index (χ1v) is 7.47. The number of aliphatic hydroxyl groups is 1. The Kier molecular flexibility index (Phi) is 5.53. The summed E-state index contributed by atoms with van der Waals surface area (Å²) in [5.74, 6) is 0.122. The van der Waals surface area contributed by atoms with Gasteiger partial charge in [0.05, 0.1) is 5.56 Å². The molecule has 2 aromatic rings. The Morgan fingerprint density at radius 3 is 2.76 bits per heavy atom. The van der Waals surface area contributed by atoms with E-state index >= 15 is 0 Å². The number of benzene rings is 1. The first kappa shape index (κ1) is 15.7.